The Labute approximate surface area is 196 Å². The number of hydrogen-bond donors (Lipinski definition) is 0. The van der Waals surface area contributed by atoms with Crippen LogP contribution in [0.5, 0.6) is 0 Å². The van der Waals surface area contributed by atoms with Gasteiger partial charge >= 0.3 is 0 Å². The highest BCUT2D eigenvalue weighted by molar-refractivity contribution is 7.99. The highest BCUT2D eigenvalue weighted by atomic mass is 35.5. The van der Waals surface area contributed by atoms with Crippen molar-refractivity contribution < 1.29 is 13.2 Å². The minimum absolute atomic E-state index is 0.0148. The van der Waals surface area contributed by atoms with Gasteiger partial charge < -0.3 is 9.47 Å². The third-order valence-electron chi connectivity index (χ3n) is 5.43. The van der Waals surface area contributed by atoms with Crippen molar-refractivity contribution in [1.29, 1.82) is 0 Å². The predicted molar refractivity (Wildman–Crippen MR) is 126 cm³/mol. The number of benzene rings is 2. The number of carbonyl (C=O) groups is 1. The van der Waals surface area contributed by atoms with Crippen LogP contribution in [-0.4, -0.2) is 57.3 Å². The molecule has 2 heterocycles. The van der Waals surface area contributed by atoms with Gasteiger partial charge in [-0.3, -0.25) is 4.79 Å². The zero-order valence-electron chi connectivity index (χ0n) is 17.5. The lowest BCUT2D eigenvalue weighted by molar-refractivity contribution is -0.130. The van der Waals surface area contributed by atoms with E-state index in [4.69, 9.17) is 11.6 Å². The molecule has 10 heteroatoms. The van der Waals surface area contributed by atoms with E-state index in [2.05, 4.69) is 10.2 Å². The van der Waals surface area contributed by atoms with Gasteiger partial charge in [0.25, 0.3) is 0 Å². The number of carbonyl (C=O) groups excluding carboxylic acids is 1. The van der Waals surface area contributed by atoms with E-state index in [0.29, 0.717) is 29.0 Å². The van der Waals surface area contributed by atoms with Gasteiger partial charge in [-0.2, -0.15) is 0 Å². The van der Waals surface area contributed by atoms with Crippen LogP contribution < -0.4 is 0 Å². The van der Waals surface area contributed by atoms with Crippen molar-refractivity contribution >= 4 is 39.1 Å². The second-order valence-electron chi connectivity index (χ2n) is 7.72. The molecule has 1 saturated heterocycles. The summed E-state index contributed by atoms with van der Waals surface area (Å²) in [6.07, 6.45) is 0.469. The summed E-state index contributed by atoms with van der Waals surface area (Å²) < 4.78 is 25.9. The van der Waals surface area contributed by atoms with Gasteiger partial charge in [-0.15, -0.1) is 10.2 Å². The molecule has 4 rings (SSSR count). The fraction of sp³-hybridized carbons (Fsp3) is 0.318. The molecule has 168 valence electrons. The summed E-state index contributed by atoms with van der Waals surface area (Å²) in [5, 5.41) is 9.73. The molecular formula is C22H23ClN4O3S2. The molecule has 1 aliphatic heterocycles. The van der Waals surface area contributed by atoms with E-state index in [1.54, 1.807) is 17.0 Å². The van der Waals surface area contributed by atoms with Crippen LogP contribution in [0.2, 0.25) is 5.02 Å². The summed E-state index contributed by atoms with van der Waals surface area (Å²) in [6, 6.07) is 16.6. The van der Waals surface area contributed by atoms with Gasteiger partial charge in [-0.25, -0.2) is 8.42 Å². The Morgan fingerprint density at radius 1 is 1.16 bits per heavy atom. The number of thioether (sulfide) groups is 1. The third-order valence-corrected chi connectivity index (χ3v) is 8.43. The molecule has 1 aromatic heterocycles. The van der Waals surface area contributed by atoms with Crippen molar-refractivity contribution in [3.05, 3.63) is 65.2 Å². The maximum atomic E-state index is 13.2. The first kappa shape index (κ1) is 22.8. The van der Waals surface area contributed by atoms with Crippen molar-refractivity contribution in [3.63, 3.8) is 0 Å². The maximum Gasteiger partial charge on any atom is 0.233 e. The zero-order valence-corrected chi connectivity index (χ0v) is 19.9. The van der Waals surface area contributed by atoms with E-state index in [1.807, 2.05) is 54.1 Å². The fourth-order valence-corrected chi connectivity index (χ4v) is 6.38. The van der Waals surface area contributed by atoms with Gasteiger partial charge in [-0.05, 0) is 36.2 Å². The minimum Gasteiger partial charge on any atom is -0.334 e. The van der Waals surface area contributed by atoms with Crippen LogP contribution in [0, 0.1) is 0 Å². The van der Waals surface area contributed by atoms with E-state index in [1.165, 1.54) is 11.8 Å². The molecule has 0 saturated carbocycles. The van der Waals surface area contributed by atoms with Gasteiger partial charge in [0.05, 0.1) is 17.3 Å². The van der Waals surface area contributed by atoms with Crippen LogP contribution in [-0.2, 0) is 28.2 Å². The predicted octanol–water partition coefficient (Wildman–Crippen LogP) is 3.44. The van der Waals surface area contributed by atoms with Crippen molar-refractivity contribution in [2.75, 3.05) is 17.3 Å². The summed E-state index contributed by atoms with van der Waals surface area (Å²) in [7, 11) is -1.26. The lowest BCUT2D eigenvalue weighted by Crippen LogP contribution is -2.41. The molecule has 0 radical (unpaired) electrons. The Kier molecular flexibility index (Phi) is 6.88. The standard InChI is InChI=1S/C22H23ClN4O3S2/c1-26-21(17-7-9-18(23)10-8-17)24-25-22(26)31-14-20(28)27(13-16-5-3-2-4-6-16)19-11-12-32(29,30)15-19/h2-10,19H,11-15H2,1H3/t19-/m1/s1. The molecule has 7 nitrogen and oxygen atoms in total. The summed E-state index contributed by atoms with van der Waals surface area (Å²) in [4.78, 5) is 14.9. The first-order chi connectivity index (χ1) is 15.3. The first-order valence-electron chi connectivity index (χ1n) is 10.1. The highest BCUT2D eigenvalue weighted by Crippen LogP contribution is 2.26. The molecule has 1 amide bonds. The molecule has 2 aromatic carbocycles. The Hall–Kier alpha value is -2.36. The van der Waals surface area contributed by atoms with Gasteiger partial charge in [0.15, 0.2) is 20.8 Å². The van der Waals surface area contributed by atoms with Crippen LogP contribution in [0.25, 0.3) is 11.4 Å². The number of nitrogens with zero attached hydrogens (tertiary/aromatic N) is 4. The summed E-state index contributed by atoms with van der Waals surface area (Å²) >= 11 is 7.26. The van der Waals surface area contributed by atoms with E-state index >= 15 is 0 Å². The highest BCUT2D eigenvalue weighted by Gasteiger charge is 2.34. The van der Waals surface area contributed by atoms with Gasteiger partial charge in [-0.1, -0.05) is 53.7 Å². The number of rotatable bonds is 7. The maximum absolute atomic E-state index is 13.2. The molecule has 0 aliphatic carbocycles. The molecule has 32 heavy (non-hydrogen) atoms. The molecule has 0 N–H and O–H groups in total. The topological polar surface area (TPSA) is 85.2 Å². The van der Waals surface area contributed by atoms with Gasteiger partial charge in [0.2, 0.25) is 5.91 Å². The van der Waals surface area contributed by atoms with E-state index in [-0.39, 0.29) is 29.2 Å². The SMILES string of the molecule is Cn1c(SCC(=O)N(Cc2ccccc2)[C@@H]2CCS(=O)(=O)C2)nnc1-c1ccc(Cl)cc1. The molecule has 0 unspecified atom stereocenters. The molecule has 3 aromatic rings. The Balaban J connectivity index is 1.48. The Bertz CT molecular complexity index is 1200. The number of hydrogen-bond acceptors (Lipinski definition) is 6. The van der Waals surface area contributed by atoms with Crippen molar-refractivity contribution in [3.8, 4) is 11.4 Å². The van der Waals surface area contributed by atoms with Crippen molar-refractivity contribution in [2.24, 2.45) is 7.05 Å². The van der Waals surface area contributed by atoms with Crippen LogP contribution in [0.4, 0.5) is 0 Å². The summed E-state index contributed by atoms with van der Waals surface area (Å²) in [5.41, 5.74) is 1.85. The van der Waals surface area contributed by atoms with E-state index in [9.17, 15) is 13.2 Å². The summed E-state index contributed by atoms with van der Waals surface area (Å²) in [6.45, 7) is 0.384. The average Bonchev–Trinajstić information content (AvgIpc) is 3.33. The lowest BCUT2D eigenvalue weighted by Gasteiger charge is -2.28. The van der Waals surface area contributed by atoms with Crippen molar-refractivity contribution in [2.45, 2.75) is 24.2 Å². The van der Waals surface area contributed by atoms with Crippen LogP contribution in [0.3, 0.4) is 0 Å². The van der Waals surface area contributed by atoms with Gasteiger partial charge in [0.1, 0.15) is 0 Å². The molecular weight excluding hydrogens is 468 g/mol. The average molecular weight is 491 g/mol. The molecule has 0 bridgehead atoms. The van der Waals surface area contributed by atoms with Crippen LogP contribution in [0.15, 0.2) is 59.8 Å². The van der Waals surface area contributed by atoms with Crippen LogP contribution in [0.1, 0.15) is 12.0 Å². The molecule has 0 spiro atoms. The quantitative estimate of drug-likeness (QED) is 0.471. The van der Waals surface area contributed by atoms with E-state index in [0.717, 1.165) is 11.1 Å². The minimum atomic E-state index is -3.11. The largest absolute Gasteiger partial charge is 0.334 e. The molecule has 1 aliphatic rings. The number of aromatic nitrogens is 3. The number of sulfone groups is 1. The normalized spacial score (nSPS) is 17.4. The monoisotopic (exact) mass is 490 g/mol. The van der Waals surface area contributed by atoms with E-state index < -0.39 is 9.84 Å². The van der Waals surface area contributed by atoms with Crippen LogP contribution >= 0.6 is 23.4 Å². The molecule has 1 atom stereocenters. The second-order valence-corrected chi connectivity index (χ2v) is 11.3. The lowest BCUT2D eigenvalue weighted by atomic mass is 10.1. The summed E-state index contributed by atoms with van der Waals surface area (Å²) in [5.74, 6) is 0.852. The zero-order chi connectivity index (χ0) is 22.7. The Morgan fingerprint density at radius 3 is 2.53 bits per heavy atom. The second kappa shape index (κ2) is 9.64. The van der Waals surface area contributed by atoms with Crippen molar-refractivity contribution in [1.82, 2.24) is 19.7 Å². The fourth-order valence-electron chi connectivity index (χ4n) is 3.72. The first-order valence-corrected chi connectivity index (χ1v) is 13.3. The molecule has 1 fully saturated rings. The Morgan fingerprint density at radius 2 is 1.88 bits per heavy atom. The van der Waals surface area contributed by atoms with Gasteiger partial charge in [0, 0.05) is 30.2 Å². The number of halogens is 1. The number of amides is 1. The smallest absolute Gasteiger partial charge is 0.233 e. The third kappa shape index (κ3) is 5.33.